The van der Waals surface area contributed by atoms with Crippen LogP contribution in [0.2, 0.25) is 0 Å². The molecule has 2 aromatic carbocycles. The summed E-state index contributed by atoms with van der Waals surface area (Å²) >= 11 is 1.58. The van der Waals surface area contributed by atoms with E-state index in [1.807, 2.05) is 81.1 Å². The lowest BCUT2D eigenvalue weighted by Gasteiger charge is -2.27. The van der Waals surface area contributed by atoms with Crippen LogP contribution in [0, 0.1) is 12.3 Å². The molecular formula is C21H24N2O2S. The molecule has 26 heavy (non-hydrogen) atoms. The summed E-state index contributed by atoms with van der Waals surface area (Å²) in [6, 6.07) is 15.7. The van der Waals surface area contributed by atoms with Gasteiger partial charge >= 0.3 is 0 Å². The highest BCUT2D eigenvalue weighted by atomic mass is 32.2. The number of para-hydroxylation sites is 1. The summed E-state index contributed by atoms with van der Waals surface area (Å²) in [6.07, 6.45) is 0. The van der Waals surface area contributed by atoms with Gasteiger partial charge in [0.15, 0.2) is 0 Å². The number of hydrogen-bond acceptors (Lipinski definition) is 3. The van der Waals surface area contributed by atoms with Crippen LogP contribution in [0.3, 0.4) is 0 Å². The van der Waals surface area contributed by atoms with Crippen LogP contribution in [0.4, 0.5) is 11.4 Å². The monoisotopic (exact) mass is 368 g/mol. The number of rotatable bonds is 3. The van der Waals surface area contributed by atoms with E-state index in [0.717, 1.165) is 22.5 Å². The van der Waals surface area contributed by atoms with E-state index in [1.165, 1.54) is 0 Å². The van der Waals surface area contributed by atoms with Gasteiger partial charge in [0.25, 0.3) is 0 Å². The standard InChI is InChI=1S/C21H24N2O2S/c1-14-9-11-15(12-10-14)23-18(24)13-26-19(23)16-7-5-6-8-17(16)22-20(25)21(2,3)4/h5-12,19H,13H2,1-4H3,(H,22,25)/t19-/m0/s1. The lowest BCUT2D eigenvalue weighted by atomic mass is 9.95. The minimum absolute atomic E-state index is 0.0406. The van der Waals surface area contributed by atoms with Gasteiger partial charge in [0.05, 0.1) is 5.75 Å². The molecule has 0 aliphatic carbocycles. The third-order valence-corrected chi connectivity index (χ3v) is 5.53. The average Bonchev–Trinajstić information content (AvgIpc) is 2.97. The van der Waals surface area contributed by atoms with E-state index >= 15 is 0 Å². The van der Waals surface area contributed by atoms with Crippen LogP contribution < -0.4 is 10.2 Å². The molecule has 1 N–H and O–H groups in total. The van der Waals surface area contributed by atoms with Gasteiger partial charge in [-0.1, -0.05) is 56.7 Å². The zero-order valence-corrected chi connectivity index (χ0v) is 16.4. The van der Waals surface area contributed by atoms with Gasteiger partial charge in [-0.2, -0.15) is 0 Å². The van der Waals surface area contributed by atoms with Crippen molar-refractivity contribution < 1.29 is 9.59 Å². The van der Waals surface area contributed by atoms with Crippen molar-refractivity contribution in [1.29, 1.82) is 0 Å². The van der Waals surface area contributed by atoms with Crippen LogP contribution in [0.1, 0.15) is 37.3 Å². The van der Waals surface area contributed by atoms with E-state index < -0.39 is 5.41 Å². The molecule has 0 radical (unpaired) electrons. The zero-order chi connectivity index (χ0) is 18.9. The van der Waals surface area contributed by atoms with Gasteiger partial charge in [0.2, 0.25) is 11.8 Å². The maximum Gasteiger partial charge on any atom is 0.238 e. The van der Waals surface area contributed by atoms with Gasteiger partial charge in [0.1, 0.15) is 5.37 Å². The second-order valence-electron chi connectivity index (χ2n) is 7.55. The van der Waals surface area contributed by atoms with Crippen molar-refractivity contribution in [2.75, 3.05) is 16.0 Å². The van der Waals surface area contributed by atoms with Crippen molar-refractivity contribution in [3.63, 3.8) is 0 Å². The summed E-state index contributed by atoms with van der Waals surface area (Å²) in [5.74, 6) is 0.474. The third kappa shape index (κ3) is 3.78. The highest BCUT2D eigenvalue weighted by molar-refractivity contribution is 8.00. The largest absolute Gasteiger partial charge is 0.325 e. The first-order chi connectivity index (χ1) is 12.3. The molecule has 1 atom stereocenters. The second-order valence-corrected chi connectivity index (χ2v) is 8.62. The first kappa shape index (κ1) is 18.5. The van der Waals surface area contributed by atoms with Crippen LogP contribution in [0.5, 0.6) is 0 Å². The molecule has 5 heteroatoms. The maximum atomic E-state index is 12.6. The van der Waals surface area contributed by atoms with E-state index in [1.54, 1.807) is 11.8 Å². The van der Waals surface area contributed by atoms with E-state index in [0.29, 0.717) is 5.75 Å². The molecule has 2 aromatic rings. The summed E-state index contributed by atoms with van der Waals surface area (Å²) in [4.78, 5) is 26.8. The molecule has 0 aromatic heterocycles. The average molecular weight is 369 g/mol. The van der Waals surface area contributed by atoms with Gasteiger partial charge in [-0.05, 0) is 25.1 Å². The molecule has 1 fully saturated rings. The Labute approximate surface area is 159 Å². The van der Waals surface area contributed by atoms with Crippen molar-refractivity contribution in [3.8, 4) is 0 Å². The van der Waals surface area contributed by atoms with Crippen LogP contribution in [0.15, 0.2) is 48.5 Å². The van der Waals surface area contributed by atoms with E-state index in [2.05, 4.69) is 5.32 Å². The van der Waals surface area contributed by atoms with Gasteiger partial charge in [-0.15, -0.1) is 11.8 Å². The number of carbonyl (C=O) groups excluding carboxylic acids is 2. The number of anilines is 2. The molecule has 136 valence electrons. The first-order valence-corrected chi connectivity index (χ1v) is 9.73. The second kappa shape index (κ2) is 7.16. The fourth-order valence-electron chi connectivity index (χ4n) is 2.77. The Morgan fingerprint density at radius 3 is 2.42 bits per heavy atom. The number of hydrogen-bond donors (Lipinski definition) is 1. The molecule has 3 rings (SSSR count). The third-order valence-electron chi connectivity index (χ3n) is 4.34. The minimum Gasteiger partial charge on any atom is -0.325 e. The van der Waals surface area contributed by atoms with Crippen molar-refractivity contribution in [3.05, 3.63) is 59.7 Å². The number of nitrogens with zero attached hydrogens (tertiary/aromatic N) is 1. The highest BCUT2D eigenvalue weighted by Gasteiger charge is 2.35. The molecule has 4 nitrogen and oxygen atoms in total. The van der Waals surface area contributed by atoms with Crippen molar-refractivity contribution in [2.45, 2.75) is 33.1 Å². The zero-order valence-electron chi connectivity index (χ0n) is 15.6. The molecule has 1 aliphatic heterocycles. The molecule has 0 saturated carbocycles. The number of benzene rings is 2. The van der Waals surface area contributed by atoms with Crippen molar-refractivity contribution in [2.24, 2.45) is 5.41 Å². The predicted molar refractivity (Wildman–Crippen MR) is 108 cm³/mol. The summed E-state index contributed by atoms with van der Waals surface area (Å²) in [5, 5.41) is 2.88. The molecule has 2 amide bonds. The van der Waals surface area contributed by atoms with Crippen molar-refractivity contribution >= 4 is 35.0 Å². The van der Waals surface area contributed by atoms with Gasteiger partial charge in [-0.25, -0.2) is 0 Å². The van der Waals surface area contributed by atoms with Crippen molar-refractivity contribution in [1.82, 2.24) is 0 Å². The molecule has 1 aliphatic rings. The summed E-state index contributed by atoms with van der Waals surface area (Å²) in [7, 11) is 0. The van der Waals surface area contributed by atoms with E-state index in [-0.39, 0.29) is 17.2 Å². The Morgan fingerprint density at radius 2 is 1.77 bits per heavy atom. The first-order valence-electron chi connectivity index (χ1n) is 8.68. The van der Waals surface area contributed by atoms with Crippen LogP contribution >= 0.6 is 11.8 Å². The molecule has 1 saturated heterocycles. The Morgan fingerprint density at radius 1 is 1.12 bits per heavy atom. The van der Waals surface area contributed by atoms with Gasteiger partial charge in [-0.3, -0.25) is 14.5 Å². The maximum absolute atomic E-state index is 12.6. The topological polar surface area (TPSA) is 49.4 Å². The Bertz CT molecular complexity index is 825. The Balaban J connectivity index is 1.96. The fourth-order valence-corrected chi connectivity index (χ4v) is 3.99. The normalized spacial score (nSPS) is 17.5. The minimum atomic E-state index is -0.484. The van der Waals surface area contributed by atoms with Crippen LogP contribution in [-0.2, 0) is 9.59 Å². The molecule has 1 heterocycles. The lowest BCUT2D eigenvalue weighted by Crippen LogP contribution is -2.30. The molecule has 0 spiro atoms. The predicted octanol–water partition coefficient (Wildman–Crippen LogP) is 4.76. The quantitative estimate of drug-likeness (QED) is 0.850. The molecule has 0 unspecified atom stereocenters. The number of carbonyl (C=O) groups is 2. The van der Waals surface area contributed by atoms with Crippen LogP contribution in [0.25, 0.3) is 0 Å². The molecule has 0 bridgehead atoms. The van der Waals surface area contributed by atoms with Gasteiger partial charge < -0.3 is 5.32 Å². The SMILES string of the molecule is Cc1ccc(N2C(=O)CS[C@H]2c2ccccc2NC(=O)C(C)(C)C)cc1. The highest BCUT2D eigenvalue weighted by Crippen LogP contribution is 2.44. The Hall–Kier alpha value is -2.27. The van der Waals surface area contributed by atoms with E-state index in [4.69, 9.17) is 0 Å². The number of thioether (sulfide) groups is 1. The number of amides is 2. The number of nitrogens with one attached hydrogen (secondary N) is 1. The van der Waals surface area contributed by atoms with Crippen LogP contribution in [-0.4, -0.2) is 17.6 Å². The lowest BCUT2D eigenvalue weighted by molar-refractivity contribution is -0.123. The molecular weight excluding hydrogens is 344 g/mol. The fraction of sp³-hybridized carbons (Fsp3) is 0.333. The van der Waals surface area contributed by atoms with E-state index in [9.17, 15) is 9.59 Å². The smallest absolute Gasteiger partial charge is 0.238 e. The Kier molecular flexibility index (Phi) is 5.10. The summed E-state index contributed by atoms with van der Waals surface area (Å²) in [6.45, 7) is 7.69. The summed E-state index contributed by atoms with van der Waals surface area (Å²) < 4.78 is 0. The number of aryl methyl sites for hydroxylation is 1. The summed E-state index contributed by atoms with van der Waals surface area (Å²) in [5.41, 5.74) is 3.26. The van der Waals surface area contributed by atoms with Gasteiger partial charge in [0, 0.05) is 22.4 Å².